The van der Waals surface area contributed by atoms with Crippen molar-refractivity contribution in [2.75, 3.05) is 6.54 Å². The van der Waals surface area contributed by atoms with Gasteiger partial charge in [0.1, 0.15) is 5.82 Å². The molecule has 0 aliphatic carbocycles. The Morgan fingerprint density at radius 3 is 2.47 bits per heavy atom. The Morgan fingerprint density at radius 1 is 1.16 bits per heavy atom. The van der Waals surface area contributed by atoms with Gasteiger partial charge < -0.3 is 5.32 Å². The van der Waals surface area contributed by atoms with Crippen LogP contribution in [0.3, 0.4) is 0 Å². The van der Waals surface area contributed by atoms with Crippen molar-refractivity contribution in [2.45, 2.75) is 33.7 Å². The number of pyridine rings is 1. The van der Waals surface area contributed by atoms with Crippen LogP contribution in [0.5, 0.6) is 0 Å². The van der Waals surface area contributed by atoms with E-state index < -0.39 is 0 Å². The van der Waals surface area contributed by atoms with E-state index in [1.807, 2.05) is 32.2 Å². The number of nitrogens with one attached hydrogen (secondary N) is 1. The molecule has 2 aromatic heterocycles. The molecule has 4 heteroatoms. The molecule has 0 aromatic carbocycles. The van der Waals surface area contributed by atoms with Gasteiger partial charge in [0.15, 0.2) is 0 Å². The zero-order valence-electron chi connectivity index (χ0n) is 11.8. The third-order valence-corrected chi connectivity index (χ3v) is 3.10. The quantitative estimate of drug-likeness (QED) is 0.891. The fourth-order valence-electron chi connectivity index (χ4n) is 2.08. The van der Waals surface area contributed by atoms with Gasteiger partial charge in [0, 0.05) is 42.3 Å². The monoisotopic (exact) mass is 256 g/mol. The van der Waals surface area contributed by atoms with Gasteiger partial charge in [-0.3, -0.25) is 4.98 Å². The van der Waals surface area contributed by atoms with E-state index in [4.69, 9.17) is 0 Å². The van der Waals surface area contributed by atoms with E-state index in [1.165, 1.54) is 5.56 Å². The highest BCUT2D eigenvalue weighted by Gasteiger charge is 2.08. The highest BCUT2D eigenvalue weighted by atomic mass is 14.9. The van der Waals surface area contributed by atoms with Crippen molar-refractivity contribution < 1.29 is 0 Å². The first-order valence-electron chi connectivity index (χ1n) is 6.63. The maximum Gasteiger partial charge on any atom is 0.133 e. The minimum absolute atomic E-state index is 0.733. The molecule has 0 spiro atoms. The van der Waals surface area contributed by atoms with Crippen molar-refractivity contribution in [1.82, 2.24) is 20.3 Å². The van der Waals surface area contributed by atoms with Crippen LogP contribution in [0.15, 0.2) is 24.5 Å². The largest absolute Gasteiger partial charge is 0.313 e. The summed E-state index contributed by atoms with van der Waals surface area (Å²) in [5.74, 6) is 0.864. The molecule has 1 N–H and O–H groups in total. The van der Waals surface area contributed by atoms with Gasteiger partial charge in [-0.1, -0.05) is 13.0 Å². The van der Waals surface area contributed by atoms with E-state index in [1.54, 1.807) is 6.20 Å². The summed E-state index contributed by atoms with van der Waals surface area (Å²) < 4.78 is 0. The lowest BCUT2D eigenvalue weighted by Gasteiger charge is -2.11. The Bertz CT molecular complexity index is 514. The molecule has 0 saturated carbocycles. The van der Waals surface area contributed by atoms with Crippen LogP contribution >= 0.6 is 0 Å². The number of hydrogen-bond donors (Lipinski definition) is 1. The van der Waals surface area contributed by atoms with Gasteiger partial charge in [0.2, 0.25) is 0 Å². The summed E-state index contributed by atoms with van der Waals surface area (Å²) in [6.07, 6.45) is 4.37. The molecule has 0 atom stereocenters. The standard InChI is InChI=1S/C15H20N4/c1-4-16-10-14-11(2)18-15(19-12(14)3)8-13-6-5-7-17-9-13/h5-7,9,16H,4,8,10H2,1-3H3. The van der Waals surface area contributed by atoms with Gasteiger partial charge in [-0.15, -0.1) is 0 Å². The lowest BCUT2D eigenvalue weighted by molar-refractivity contribution is 0.706. The molecule has 0 aliphatic rings. The van der Waals surface area contributed by atoms with E-state index in [0.29, 0.717) is 0 Å². The molecule has 0 unspecified atom stereocenters. The minimum atomic E-state index is 0.733. The van der Waals surface area contributed by atoms with E-state index in [9.17, 15) is 0 Å². The van der Waals surface area contributed by atoms with Gasteiger partial charge in [-0.05, 0) is 32.0 Å². The van der Waals surface area contributed by atoms with Crippen molar-refractivity contribution in [3.63, 3.8) is 0 Å². The molecule has 4 nitrogen and oxygen atoms in total. The summed E-state index contributed by atoms with van der Waals surface area (Å²) in [6.45, 7) is 7.99. The Hall–Kier alpha value is -1.81. The molecular formula is C15H20N4. The molecule has 19 heavy (non-hydrogen) atoms. The van der Waals surface area contributed by atoms with E-state index in [-0.39, 0.29) is 0 Å². The van der Waals surface area contributed by atoms with E-state index in [0.717, 1.165) is 42.3 Å². The van der Waals surface area contributed by atoms with Crippen molar-refractivity contribution >= 4 is 0 Å². The number of hydrogen-bond acceptors (Lipinski definition) is 4. The van der Waals surface area contributed by atoms with Gasteiger partial charge in [0.25, 0.3) is 0 Å². The maximum atomic E-state index is 4.60. The molecule has 0 fully saturated rings. The summed E-state index contributed by atoms with van der Waals surface area (Å²) >= 11 is 0. The molecule has 2 rings (SSSR count). The van der Waals surface area contributed by atoms with Gasteiger partial charge >= 0.3 is 0 Å². The zero-order chi connectivity index (χ0) is 13.7. The van der Waals surface area contributed by atoms with E-state index >= 15 is 0 Å². The van der Waals surface area contributed by atoms with Crippen LogP contribution < -0.4 is 5.32 Å². The van der Waals surface area contributed by atoms with E-state index in [2.05, 4.69) is 27.2 Å². The van der Waals surface area contributed by atoms with Crippen molar-refractivity contribution in [2.24, 2.45) is 0 Å². The second kappa shape index (κ2) is 6.38. The molecular weight excluding hydrogens is 236 g/mol. The first-order chi connectivity index (χ1) is 9.20. The third-order valence-electron chi connectivity index (χ3n) is 3.10. The summed E-state index contributed by atoms with van der Waals surface area (Å²) in [6, 6.07) is 3.99. The maximum absolute atomic E-state index is 4.60. The average molecular weight is 256 g/mol. The van der Waals surface area contributed by atoms with Crippen LogP contribution in [0.25, 0.3) is 0 Å². The summed E-state index contributed by atoms with van der Waals surface area (Å²) in [5.41, 5.74) is 4.47. The average Bonchev–Trinajstić information content (AvgIpc) is 2.39. The van der Waals surface area contributed by atoms with Crippen LogP contribution in [0.4, 0.5) is 0 Å². The normalized spacial score (nSPS) is 10.7. The minimum Gasteiger partial charge on any atom is -0.313 e. The molecule has 0 radical (unpaired) electrons. The van der Waals surface area contributed by atoms with Crippen LogP contribution in [0.1, 0.15) is 35.3 Å². The summed E-state index contributed by atoms with van der Waals surface area (Å²) in [5, 5.41) is 3.33. The summed E-state index contributed by atoms with van der Waals surface area (Å²) in [7, 11) is 0. The van der Waals surface area contributed by atoms with Crippen LogP contribution in [-0.4, -0.2) is 21.5 Å². The Labute approximate surface area is 114 Å². The fourth-order valence-corrected chi connectivity index (χ4v) is 2.08. The summed E-state index contributed by atoms with van der Waals surface area (Å²) in [4.78, 5) is 13.3. The number of rotatable bonds is 5. The predicted molar refractivity (Wildman–Crippen MR) is 75.9 cm³/mol. The first-order valence-corrected chi connectivity index (χ1v) is 6.63. The fraction of sp³-hybridized carbons (Fsp3) is 0.400. The lowest BCUT2D eigenvalue weighted by Crippen LogP contribution is -2.16. The highest BCUT2D eigenvalue weighted by Crippen LogP contribution is 2.12. The van der Waals surface area contributed by atoms with Gasteiger partial charge in [-0.25, -0.2) is 9.97 Å². The third kappa shape index (κ3) is 3.58. The van der Waals surface area contributed by atoms with Crippen LogP contribution in [0.2, 0.25) is 0 Å². The SMILES string of the molecule is CCNCc1c(C)nc(Cc2cccnc2)nc1C. The van der Waals surface area contributed by atoms with Crippen LogP contribution in [0, 0.1) is 13.8 Å². The van der Waals surface area contributed by atoms with Gasteiger partial charge in [-0.2, -0.15) is 0 Å². The number of aromatic nitrogens is 3. The van der Waals surface area contributed by atoms with Crippen LogP contribution in [-0.2, 0) is 13.0 Å². The molecule has 2 aromatic rings. The number of aryl methyl sites for hydroxylation is 2. The zero-order valence-corrected chi connectivity index (χ0v) is 11.8. The molecule has 100 valence electrons. The highest BCUT2D eigenvalue weighted by molar-refractivity contribution is 5.26. The van der Waals surface area contributed by atoms with Crippen molar-refractivity contribution in [3.05, 3.63) is 52.9 Å². The molecule has 0 saturated heterocycles. The van der Waals surface area contributed by atoms with Gasteiger partial charge in [0.05, 0.1) is 0 Å². The number of nitrogens with zero attached hydrogens (tertiary/aromatic N) is 3. The molecule has 0 amide bonds. The van der Waals surface area contributed by atoms with Crippen molar-refractivity contribution in [3.8, 4) is 0 Å². The lowest BCUT2D eigenvalue weighted by atomic mass is 10.1. The second-order valence-electron chi connectivity index (χ2n) is 4.61. The smallest absolute Gasteiger partial charge is 0.133 e. The second-order valence-corrected chi connectivity index (χ2v) is 4.61. The van der Waals surface area contributed by atoms with Crippen molar-refractivity contribution in [1.29, 1.82) is 0 Å². The molecule has 0 bridgehead atoms. The Morgan fingerprint density at radius 2 is 1.89 bits per heavy atom. The predicted octanol–water partition coefficient (Wildman–Crippen LogP) is 2.19. The molecule has 2 heterocycles. The Balaban J connectivity index is 2.20. The Kier molecular flexibility index (Phi) is 4.58. The topological polar surface area (TPSA) is 50.7 Å². The molecule has 0 aliphatic heterocycles. The first kappa shape index (κ1) is 13.6.